The fraction of sp³-hybridized carbons (Fsp3) is 0.529. The van der Waals surface area contributed by atoms with Crippen LogP contribution in [-0.4, -0.2) is 25.6 Å². The molecule has 0 radical (unpaired) electrons. The van der Waals surface area contributed by atoms with Gasteiger partial charge in [0.15, 0.2) is 0 Å². The highest BCUT2D eigenvalue weighted by Crippen LogP contribution is 2.24. The van der Waals surface area contributed by atoms with Crippen molar-refractivity contribution < 1.29 is 14.3 Å². The highest BCUT2D eigenvalue weighted by Gasteiger charge is 2.18. The van der Waals surface area contributed by atoms with E-state index < -0.39 is 6.03 Å². The van der Waals surface area contributed by atoms with Crippen LogP contribution in [0.25, 0.3) is 0 Å². The Kier molecular flexibility index (Phi) is 7.94. The lowest BCUT2D eigenvalue weighted by atomic mass is 9.95. The van der Waals surface area contributed by atoms with Crippen molar-refractivity contribution in [1.82, 2.24) is 10.6 Å². The summed E-state index contributed by atoms with van der Waals surface area (Å²) in [4.78, 5) is 22.6. The minimum Gasteiger partial charge on any atom is -0.497 e. The van der Waals surface area contributed by atoms with Gasteiger partial charge in [0.2, 0.25) is 5.91 Å². The summed E-state index contributed by atoms with van der Waals surface area (Å²) in [5.41, 5.74) is 6.04. The molecule has 0 bridgehead atoms. The molecule has 1 rings (SSSR count). The first-order valence-electron chi connectivity index (χ1n) is 7.90. The lowest BCUT2D eigenvalue weighted by molar-refractivity contribution is -0.122. The predicted octanol–water partition coefficient (Wildman–Crippen LogP) is 2.35. The molecule has 1 unspecified atom stereocenters. The van der Waals surface area contributed by atoms with Crippen LogP contribution in [0.1, 0.15) is 44.7 Å². The van der Waals surface area contributed by atoms with Crippen molar-refractivity contribution in [3.05, 3.63) is 29.8 Å². The summed E-state index contributed by atoms with van der Waals surface area (Å²) in [7, 11) is 1.63. The van der Waals surface area contributed by atoms with E-state index in [-0.39, 0.29) is 17.9 Å². The predicted molar refractivity (Wildman–Crippen MR) is 90.2 cm³/mol. The number of methoxy groups -OCH3 is 1. The van der Waals surface area contributed by atoms with Crippen LogP contribution in [0.5, 0.6) is 5.75 Å². The van der Waals surface area contributed by atoms with Gasteiger partial charge in [-0.1, -0.05) is 26.0 Å². The van der Waals surface area contributed by atoms with Gasteiger partial charge in [-0.25, -0.2) is 4.79 Å². The molecule has 0 aliphatic carbocycles. The van der Waals surface area contributed by atoms with Gasteiger partial charge in [0.05, 0.1) is 13.2 Å². The Morgan fingerprint density at radius 2 is 1.83 bits per heavy atom. The molecule has 0 saturated heterocycles. The number of amides is 3. The number of unbranched alkanes of at least 4 members (excludes halogenated alkanes) is 1. The number of nitrogens with two attached hydrogens (primary N) is 1. The number of carbonyl (C=O) groups excluding carboxylic acids is 2. The third kappa shape index (κ3) is 7.04. The number of urea groups is 1. The third-order valence-corrected chi connectivity index (χ3v) is 3.59. The average Bonchev–Trinajstić information content (AvgIpc) is 2.52. The minimum atomic E-state index is -0.533. The van der Waals surface area contributed by atoms with E-state index in [1.165, 1.54) is 0 Å². The monoisotopic (exact) mass is 321 g/mol. The molecular formula is C17H27N3O3. The van der Waals surface area contributed by atoms with Crippen LogP contribution in [0, 0.1) is 5.92 Å². The second-order valence-electron chi connectivity index (χ2n) is 5.81. The molecule has 0 heterocycles. The molecule has 23 heavy (non-hydrogen) atoms. The van der Waals surface area contributed by atoms with Crippen LogP contribution in [0.3, 0.4) is 0 Å². The summed E-state index contributed by atoms with van der Waals surface area (Å²) in [5.74, 6) is 1.09. The molecule has 0 saturated carbocycles. The van der Waals surface area contributed by atoms with Crippen molar-refractivity contribution in [3.63, 3.8) is 0 Å². The maximum absolute atomic E-state index is 12.1. The number of ether oxygens (including phenoxy) is 1. The van der Waals surface area contributed by atoms with Crippen LogP contribution in [0.15, 0.2) is 24.3 Å². The molecule has 0 aliphatic heterocycles. The number of primary amides is 1. The number of benzene rings is 1. The zero-order chi connectivity index (χ0) is 17.2. The van der Waals surface area contributed by atoms with Crippen molar-refractivity contribution in [2.75, 3.05) is 13.7 Å². The number of hydrogen-bond acceptors (Lipinski definition) is 3. The van der Waals surface area contributed by atoms with E-state index in [1.54, 1.807) is 7.11 Å². The Morgan fingerprint density at radius 3 is 2.35 bits per heavy atom. The van der Waals surface area contributed by atoms with Gasteiger partial charge in [0.1, 0.15) is 5.75 Å². The summed E-state index contributed by atoms with van der Waals surface area (Å²) in [5, 5.41) is 5.59. The van der Waals surface area contributed by atoms with Gasteiger partial charge >= 0.3 is 6.03 Å². The second-order valence-corrected chi connectivity index (χ2v) is 5.81. The Bertz CT molecular complexity index is 500. The first-order chi connectivity index (χ1) is 10.9. The SMILES string of the molecule is COc1ccc(C(NC(=O)CCCCNC(N)=O)C(C)C)cc1. The quantitative estimate of drug-likeness (QED) is 0.609. The minimum absolute atomic E-state index is 0.0126. The largest absolute Gasteiger partial charge is 0.497 e. The standard InChI is InChI=1S/C17H27N3O3/c1-12(2)16(13-7-9-14(23-3)10-8-13)20-15(21)6-4-5-11-19-17(18)22/h7-10,12,16H,4-6,11H2,1-3H3,(H,20,21)(H3,18,19,22). The second kappa shape index (κ2) is 9.71. The Hall–Kier alpha value is -2.24. The van der Waals surface area contributed by atoms with Gasteiger partial charge in [-0.05, 0) is 36.5 Å². The highest BCUT2D eigenvalue weighted by molar-refractivity contribution is 5.76. The van der Waals surface area contributed by atoms with Crippen molar-refractivity contribution in [3.8, 4) is 5.75 Å². The number of rotatable bonds is 9. The van der Waals surface area contributed by atoms with Gasteiger partial charge in [0, 0.05) is 13.0 Å². The van der Waals surface area contributed by atoms with E-state index in [4.69, 9.17) is 10.5 Å². The van der Waals surface area contributed by atoms with Gasteiger partial charge < -0.3 is 21.1 Å². The zero-order valence-electron chi connectivity index (χ0n) is 14.1. The molecule has 0 spiro atoms. The fourth-order valence-corrected chi connectivity index (χ4v) is 2.31. The van der Waals surface area contributed by atoms with E-state index in [9.17, 15) is 9.59 Å². The zero-order valence-corrected chi connectivity index (χ0v) is 14.1. The molecule has 0 aliphatic rings. The van der Waals surface area contributed by atoms with E-state index in [0.717, 1.165) is 17.7 Å². The van der Waals surface area contributed by atoms with Crippen LogP contribution < -0.4 is 21.1 Å². The summed E-state index contributed by atoms with van der Waals surface area (Å²) in [6.45, 7) is 4.65. The first-order valence-corrected chi connectivity index (χ1v) is 7.90. The van der Waals surface area contributed by atoms with Gasteiger partial charge in [0.25, 0.3) is 0 Å². The number of hydrogen-bond donors (Lipinski definition) is 3. The fourth-order valence-electron chi connectivity index (χ4n) is 2.31. The summed E-state index contributed by atoms with van der Waals surface area (Å²) in [6.07, 6.45) is 1.87. The third-order valence-electron chi connectivity index (χ3n) is 3.59. The highest BCUT2D eigenvalue weighted by atomic mass is 16.5. The number of nitrogens with one attached hydrogen (secondary N) is 2. The summed E-state index contributed by atoms with van der Waals surface area (Å²) >= 11 is 0. The molecule has 1 atom stereocenters. The van der Waals surface area contributed by atoms with Gasteiger partial charge in [-0.3, -0.25) is 4.79 Å². The Balaban J connectivity index is 2.48. The lowest BCUT2D eigenvalue weighted by Gasteiger charge is -2.23. The van der Waals surface area contributed by atoms with Crippen molar-refractivity contribution in [2.24, 2.45) is 11.7 Å². The van der Waals surface area contributed by atoms with E-state index in [2.05, 4.69) is 24.5 Å². The Morgan fingerprint density at radius 1 is 1.17 bits per heavy atom. The maximum Gasteiger partial charge on any atom is 0.312 e. The van der Waals surface area contributed by atoms with Crippen molar-refractivity contribution in [2.45, 2.75) is 39.2 Å². The van der Waals surface area contributed by atoms with Gasteiger partial charge in [-0.2, -0.15) is 0 Å². The molecule has 128 valence electrons. The topological polar surface area (TPSA) is 93.4 Å². The van der Waals surface area contributed by atoms with Gasteiger partial charge in [-0.15, -0.1) is 0 Å². The van der Waals surface area contributed by atoms with Crippen molar-refractivity contribution >= 4 is 11.9 Å². The van der Waals surface area contributed by atoms with E-state index in [1.807, 2.05) is 24.3 Å². The van der Waals surface area contributed by atoms with E-state index in [0.29, 0.717) is 19.4 Å². The normalized spacial score (nSPS) is 11.8. The lowest BCUT2D eigenvalue weighted by Crippen LogP contribution is -2.32. The Labute approximate surface area is 137 Å². The summed E-state index contributed by atoms with van der Waals surface area (Å²) < 4.78 is 5.16. The molecule has 1 aromatic rings. The smallest absolute Gasteiger partial charge is 0.312 e. The molecule has 3 amide bonds. The van der Waals surface area contributed by atoms with Crippen LogP contribution in [0.2, 0.25) is 0 Å². The molecule has 6 heteroatoms. The first kappa shape index (κ1) is 18.8. The molecule has 4 N–H and O–H groups in total. The molecule has 1 aromatic carbocycles. The maximum atomic E-state index is 12.1. The van der Waals surface area contributed by atoms with E-state index >= 15 is 0 Å². The van der Waals surface area contributed by atoms with Crippen LogP contribution in [0.4, 0.5) is 4.79 Å². The van der Waals surface area contributed by atoms with Crippen molar-refractivity contribution in [1.29, 1.82) is 0 Å². The molecular weight excluding hydrogens is 294 g/mol. The molecule has 0 fully saturated rings. The molecule has 0 aromatic heterocycles. The average molecular weight is 321 g/mol. The number of carbonyl (C=O) groups is 2. The molecule has 6 nitrogen and oxygen atoms in total. The van der Waals surface area contributed by atoms with Crippen LogP contribution >= 0.6 is 0 Å². The summed E-state index contributed by atoms with van der Waals surface area (Å²) in [6, 6.07) is 7.17. The van der Waals surface area contributed by atoms with Crippen LogP contribution in [-0.2, 0) is 4.79 Å².